The van der Waals surface area contributed by atoms with Crippen molar-refractivity contribution in [3.8, 4) is 0 Å². The Morgan fingerprint density at radius 1 is 1.24 bits per heavy atom. The molecular weight excluding hydrogens is 290 g/mol. The molecule has 0 bridgehead atoms. The number of nitrogens with zero attached hydrogens (tertiary/aromatic N) is 1. The lowest BCUT2D eigenvalue weighted by Crippen LogP contribution is -2.38. The van der Waals surface area contributed by atoms with Crippen LogP contribution in [0.25, 0.3) is 0 Å². The first-order valence-electron chi connectivity index (χ1n) is 6.87. The second-order valence-corrected chi connectivity index (χ2v) is 6.41. The van der Waals surface area contributed by atoms with Gasteiger partial charge in [0.1, 0.15) is 10.7 Å². The summed E-state index contributed by atoms with van der Waals surface area (Å²) in [5.41, 5.74) is 5.72. The largest absolute Gasteiger partial charge is 0.382 e. The lowest BCUT2D eigenvalue weighted by Gasteiger charge is -2.08. The number of nitrogens with one attached hydrogen (secondary N) is 3. The Morgan fingerprint density at radius 3 is 2.48 bits per heavy atom. The van der Waals surface area contributed by atoms with Gasteiger partial charge in [-0.1, -0.05) is 25.2 Å². The topological polar surface area (TPSA) is 109 Å². The van der Waals surface area contributed by atoms with Gasteiger partial charge in [-0.25, -0.2) is 4.98 Å². The van der Waals surface area contributed by atoms with Gasteiger partial charge >= 0.3 is 0 Å². The van der Waals surface area contributed by atoms with Gasteiger partial charge in [0.25, 0.3) is 5.91 Å². The zero-order chi connectivity index (χ0) is 16.0. The van der Waals surface area contributed by atoms with Crippen molar-refractivity contribution in [2.24, 2.45) is 5.92 Å². The van der Waals surface area contributed by atoms with Gasteiger partial charge in [-0.15, -0.1) is 0 Å². The number of hydrogen-bond acceptors (Lipinski definition) is 6. The molecule has 2 amide bonds. The molecule has 21 heavy (non-hydrogen) atoms. The fourth-order valence-corrected chi connectivity index (χ4v) is 2.37. The average molecular weight is 313 g/mol. The molecule has 118 valence electrons. The Bertz CT molecular complexity index is 499. The molecule has 1 heterocycles. The van der Waals surface area contributed by atoms with Crippen LogP contribution in [-0.4, -0.2) is 35.9 Å². The summed E-state index contributed by atoms with van der Waals surface area (Å²) in [5.74, 6) is -0.0723. The number of aromatic nitrogens is 1. The van der Waals surface area contributed by atoms with Crippen molar-refractivity contribution in [1.29, 1.82) is 0 Å². The third-order valence-corrected chi connectivity index (χ3v) is 3.39. The summed E-state index contributed by atoms with van der Waals surface area (Å²) in [6, 6.07) is 0.202. The summed E-state index contributed by atoms with van der Waals surface area (Å²) in [6.45, 7) is 8.45. The Hall–Kier alpha value is -1.83. The maximum atomic E-state index is 12.0. The van der Waals surface area contributed by atoms with Gasteiger partial charge in [0.2, 0.25) is 5.91 Å². The highest BCUT2D eigenvalue weighted by atomic mass is 32.1. The molecule has 1 aromatic rings. The van der Waals surface area contributed by atoms with Crippen LogP contribution in [0.3, 0.4) is 0 Å². The van der Waals surface area contributed by atoms with E-state index in [0.717, 1.165) is 0 Å². The van der Waals surface area contributed by atoms with Gasteiger partial charge in [0, 0.05) is 12.6 Å². The van der Waals surface area contributed by atoms with Crippen molar-refractivity contribution in [3.05, 3.63) is 4.88 Å². The van der Waals surface area contributed by atoms with E-state index < -0.39 is 0 Å². The molecule has 0 fully saturated rings. The van der Waals surface area contributed by atoms with Crippen LogP contribution in [0.1, 0.15) is 37.4 Å². The Kier molecular flexibility index (Phi) is 6.41. The fourth-order valence-electron chi connectivity index (χ4n) is 1.42. The van der Waals surface area contributed by atoms with E-state index in [4.69, 9.17) is 5.73 Å². The van der Waals surface area contributed by atoms with Crippen LogP contribution in [-0.2, 0) is 4.79 Å². The molecule has 7 nitrogen and oxygen atoms in total. The average Bonchev–Trinajstić information content (AvgIpc) is 2.73. The first-order chi connectivity index (χ1) is 9.79. The molecule has 0 radical (unpaired) electrons. The number of anilines is 2. The van der Waals surface area contributed by atoms with Crippen LogP contribution < -0.4 is 21.7 Å². The summed E-state index contributed by atoms with van der Waals surface area (Å²) >= 11 is 1.17. The third-order valence-electron chi connectivity index (χ3n) is 2.39. The molecule has 0 atom stereocenters. The second kappa shape index (κ2) is 7.82. The minimum absolute atomic E-state index is 0.0736. The molecule has 0 aliphatic carbocycles. The standard InChI is InChI=1S/C13H23N5O2S/c1-7(2)5-15-9(19)6-16-12(20)10-11(14)18-13(21-10)17-8(3)4/h7-8H,5-6,14H2,1-4H3,(H,15,19)(H,16,20)(H,17,18). The quantitative estimate of drug-likeness (QED) is 0.601. The van der Waals surface area contributed by atoms with E-state index in [1.165, 1.54) is 11.3 Å². The molecule has 0 aliphatic rings. The van der Waals surface area contributed by atoms with Crippen LogP contribution in [0.5, 0.6) is 0 Å². The molecule has 5 N–H and O–H groups in total. The molecule has 1 rings (SSSR count). The first-order valence-corrected chi connectivity index (χ1v) is 7.69. The molecular formula is C13H23N5O2S. The van der Waals surface area contributed by atoms with Gasteiger partial charge in [-0.3, -0.25) is 9.59 Å². The first kappa shape index (κ1) is 17.2. The van der Waals surface area contributed by atoms with Crippen LogP contribution in [0.4, 0.5) is 10.9 Å². The normalized spacial score (nSPS) is 10.8. The second-order valence-electron chi connectivity index (χ2n) is 5.41. The van der Waals surface area contributed by atoms with Crippen molar-refractivity contribution < 1.29 is 9.59 Å². The summed E-state index contributed by atoms with van der Waals surface area (Å²) in [4.78, 5) is 27.9. The van der Waals surface area contributed by atoms with E-state index in [0.29, 0.717) is 22.5 Å². The van der Waals surface area contributed by atoms with Crippen LogP contribution in [0, 0.1) is 5.92 Å². The summed E-state index contributed by atoms with van der Waals surface area (Å²) in [5, 5.41) is 8.95. The molecule has 0 spiro atoms. The molecule has 0 saturated carbocycles. The smallest absolute Gasteiger partial charge is 0.265 e. The molecule has 0 aromatic carbocycles. The van der Waals surface area contributed by atoms with E-state index in [-0.39, 0.29) is 30.2 Å². The van der Waals surface area contributed by atoms with Crippen LogP contribution in [0.2, 0.25) is 0 Å². The molecule has 1 aromatic heterocycles. The highest BCUT2D eigenvalue weighted by Gasteiger charge is 2.17. The maximum absolute atomic E-state index is 12.0. The summed E-state index contributed by atoms with van der Waals surface area (Å²) < 4.78 is 0. The summed E-state index contributed by atoms with van der Waals surface area (Å²) in [6.07, 6.45) is 0. The van der Waals surface area contributed by atoms with Crippen LogP contribution in [0.15, 0.2) is 0 Å². The van der Waals surface area contributed by atoms with Gasteiger partial charge < -0.3 is 21.7 Å². The molecule has 0 aliphatic heterocycles. The van der Waals surface area contributed by atoms with Crippen molar-refractivity contribution in [2.45, 2.75) is 33.7 Å². The van der Waals surface area contributed by atoms with E-state index in [2.05, 4.69) is 20.9 Å². The molecule has 8 heteroatoms. The number of thiazole rings is 1. The van der Waals surface area contributed by atoms with Crippen molar-refractivity contribution >= 4 is 34.1 Å². The lowest BCUT2D eigenvalue weighted by molar-refractivity contribution is -0.120. The van der Waals surface area contributed by atoms with Gasteiger partial charge in [0.15, 0.2) is 5.13 Å². The number of nitrogen functional groups attached to an aromatic ring is 1. The maximum Gasteiger partial charge on any atom is 0.265 e. The highest BCUT2D eigenvalue weighted by Crippen LogP contribution is 2.25. The Balaban J connectivity index is 2.52. The van der Waals surface area contributed by atoms with Crippen molar-refractivity contribution in [3.63, 3.8) is 0 Å². The van der Waals surface area contributed by atoms with E-state index >= 15 is 0 Å². The van der Waals surface area contributed by atoms with E-state index in [1.54, 1.807) is 0 Å². The SMILES string of the molecule is CC(C)CNC(=O)CNC(=O)c1sc(NC(C)C)nc1N. The predicted molar refractivity (Wildman–Crippen MR) is 85.5 cm³/mol. The van der Waals surface area contributed by atoms with Crippen molar-refractivity contribution in [1.82, 2.24) is 15.6 Å². The highest BCUT2D eigenvalue weighted by molar-refractivity contribution is 7.18. The Labute approximate surface area is 128 Å². The summed E-state index contributed by atoms with van der Waals surface area (Å²) in [7, 11) is 0. The fraction of sp³-hybridized carbons (Fsp3) is 0.615. The molecule has 0 saturated heterocycles. The number of hydrogen-bond donors (Lipinski definition) is 4. The minimum atomic E-state index is -0.387. The predicted octanol–water partition coefficient (Wildman–Crippen LogP) is 1.05. The van der Waals surface area contributed by atoms with Gasteiger partial charge in [-0.05, 0) is 19.8 Å². The zero-order valence-corrected chi connectivity index (χ0v) is 13.6. The number of nitrogens with two attached hydrogens (primary N) is 1. The monoisotopic (exact) mass is 313 g/mol. The molecule has 0 unspecified atom stereocenters. The van der Waals surface area contributed by atoms with Gasteiger partial charge in [0.05, 0.1) is 6.54 Å². The van der Waals surface area contributed by atoms with E-state index in [1.807, 2.05) is 27.7 Å². The van der Waals surface area contributed by atoms with Gasteiger partial charge in [-0.2, -0.15) is 0 Å². The number of amides is 2. The third kappa shape index (κ3) is 5.99. The lowest BCUT2D eigenvalue weighted by atomic mass is 10.2. The minimum Gasteiger partial charge on any atom is -0.382 e. The van der Waals surface area contributed by atoms with Crippen LogP contribution >= 0.6 is 11.3 Å². The number of carbonyl (C=O) groups excluding carboxylic acids is 2. The van der Waals surface area contributed by atoms with E-state index in [9.17, 15) is 9.59 Å². The van der Waals surface area contributed by atoms with Crippen molar-refractivity contribution in [2.75, 3.05) is 24.1 Å². The zero-order valence-electron chi connectivity index (χ0n) is 12.8. The number of carbonyl (C=O) groups is 2. The Morgan fingerprint density at radius 2 is 1.90 bits per heavy atom. The number of rotatable bonds is 7.